The largest absolute Gasteiger partial charge is 0.489 e. The van der Waals surface area contributed by atoms with Crippen molar-refractivity contribution in [2.75, 3.05) is 0 Å². The van der Waals surface area contributed by atoms with Crippen molar-refractivity contribution < 1.29 is 14.3 Å². The van der Waals surface area contributed by atoms with Crippen LogP contribution in [0.25, 0.3) is 16.8 Å². The number of nitrogens with zero attached hydrogens (tertiary/aromatic N) is 1. The molecule has 0 spiro atoms. The van der Waals surface area contributed by atoms with Crippen molar-refractivity contribution >= 4 is 39.8 Å². The van der Waals surface area contributed by atoms with E-state index in [-0.39, 0.29) is 17.7 Å². The van der Waals surface area contributed by atoms with Gasteiger partial charge in [0.15, 0.2) is 0 Å². The van der Waals surface area contributed by atoms with E-state index in [1.54, 1.807) is 6.08 Å². The molecule has 4 aromatic rings. The van der Waals surface area contributed by atoms with Gasteiger partial charge in [0.25, 0.3) is 11.1 Å². The third-order valence-electron chi connectivity index (χ3n) is 5.43. The molecule has 5 rings (SSSR count). The SMILES string of the molecule is O=C1SC(=Cc2cccc(OCc3ccccc3)c2)C(=O)N1Cc1ccc2ccccc2c1. The number of fused-ring (bicyclic) bond motifs is 1. The Morgan fingerprint density at radius 1 is 0.758 bits per heavy atom. The van der Waals surface area contributed by atoms with E-state index >= 15 is 0 Å². The van der Waals surface area contributed by atoms with Crippen molar-refractivity contribution in [3.05, 3.63) is 119 Å². The Morgan fingerprint density at radius 2 is 1.55 bits per heavy atom. The van der Waals surface area contributed by atoms with Crippen molar-refractivity contribution in [2.45, 2.75) is 13.2 Å². The normalized spacial score (nSPS) is 14.9. The van der Waals surface area contributed by atoms with Gasteiger partial charge in [-0.15, -0.1) is 0 Å². The van der Waals surface area contributed by atoms with Gasteiger partial charge >= 0.3 is 0 Å². The topological polar surface area (TPSA) is 46.6 Å². The molecule has 4 aromatic carbocycles. The lowest BCUT2D eigenvalue weighted by Gasteiger charge is -2.13. The second-order valence-corrected chi connectivity index (χ2v) is 8.79. The average Bonchev–Trinajstić information content (AvgIpc) is 3.11. The fraction of sp³-hybridized carbons (Fsp3) is 0.0714. The molecule has 0 radical (unpaired) electrons. The smallest absolute Gasteiger partial charge is 0.293 e. The number of carbonyl (C=O) groups excluding carboxylic acids is 2. The zero-order valence-corrected chi connectivity index (χ0v) is 18.6. The maximum atomic E-state index is 13.0. The first-order valence-electron chi connectivity index (χ1n) is 10.7. The highest BCUT2D eigenvalue weighted by Crippen LogP contribution is 2.34. The van der Waals surface area contributed by atoms with E-state index in [1.165, 1.54) is 4.90 Å². The molecule has 4 nitrogen and oxygen atoms in total. The Kier molecular flexibility index (Phi) is 5.96. The minimum absolute atomic E-state index is 0.254. The first-order chi connectivity index (χ1) is 16.2. The number of amides is 2. The summed E-state index contributed by atoms with van der Waals surface area (Å²) in [6.07, 6.45) is 1.75. The summed E-state index contributed by atoms with van der Waals surface area (Å²) in [5, 5.41) is 1.96. The summed E-state index contributed by atoms with van der Waals surface area (Å²) in [6.45, 7) is 0.722. The number of benzene rings is 4. The Bertz CT molecular complexity index is 1360. The van der Waals surface area contributed by atoms with Gasteiger partial charge in [0.2, 0.25) is 0 Å². The van der Waals surface area contributed by atoms with Gasteiger partial charge in [-0.25, -0.2) is 0 Å². The van der Waals surface area contributed by atoms with Gasteiger partial charge in [-0.1, -0.05) is 78.9 Å². The summed E-state index contributed by atoms with van der Waals surface area (Å²) in [4.78, 5) is 27.3. The van der Waals surface area contributed by atoms with E-state index in [0.29, 0.717) is 17.3 Å². The van der Waals surface area contributed by atoms with E-state index < -0.39 is 0 Å². The van der Waals surface area contributed by atoms with Crippen LogP contribution in [0.5, 0.6) is 5.75 Å². The fourth-order valence-corrected chi connectivity index (χ4v) is 4.58. The molecule has 0 atom stereocenters. The van der Waals surface area contributed by atoms with Crippen LogP contribution < -0.4 is 4.74 Å². The molecule has 1 saturated heterocycles. The molecule has 0 aromatic heterocycles. The van der Waals surface area contributed by atoms with Crippen LogP contribution in [0.15, 0.2) is 102 Å². The Hall–Kier alpha value is -3.83. The molecule has 162 valence electrons. The van der Waals surface area contributed by atoms with E-state index in [9.17, 15) is 9.59 Å². The van der Waals surface area contributed by atoms with E-state index in [2.05, 4.69) is 0 Å². The highest BCUT2D eigenvalue weighted by Gasteiger charge is 2.35. The predicted molar refractivity (Wildman–Crippen MR) is 133 cm³/mol. The number of imide groups is 1. The third-order valence-corrected chi connectivity index (χ3v) is 6.34. The summed E-state index contributed by atoms with van der Waals surface area (Å²) in [5.41, 5.74) is 2.82. The summed E-state index contributed by atoms with van der Waals surface area (Å²) in [5.74, 6) is 0.441. The number of carbonyl (C=O) groups is 2. The Balaban J connectivity index is 1.30. The lowest BCUT2D eigenvalue weighted by atomic mass is 10.1. The second-order valence-electron chi connectivity index (χ2n) is 7.80. The van der Waals surface area contributed by atoms with Crippen LogP contribution in [0, 0.1) is 0 Å². The van der Waals surface area contributed by atoms with Gasteiger partial charge in [-0.3, -0.25) is 14.5 Å². The minimum Gasteiger partial charge on any atom is -0.489 e. The summed E-state index contributed by atoms with van der Waals surface area (Å²) in [7, 11) is 0. The molecule has 1 aliphatic heterocycles. The lowest BCUT2D eigenvalue weighted by Crippen LogP contribution is -2.27. The molecule has 0 bridgehead atoms. The molecule has 0 saturated carbocycles. The summed E-state index contributed by atoms with van der Waals surface area (Å²) >= 11 is 0.973. The zero-order valence-electron chi connectivity index (χ0n) is 17.8. The van der Waals surface area contributed by atoms with E-state index in [1.807, 2.05) is 97.1 Å². The Labute approximate surface area is 196 Å². The monoisotopic (exact) mass is 451 g/mol. The maximum Gasteiger partial charge on any atom is 0.293 e. The van der Waals surface area contributed by atoms with Gasteiger partial charge in [-0.2, -0.15) is 0 Å². The zero-order chi connectivity index (χ0) is 22.6. The van der Waals surface area contributed by atoms with Crippen molar-refractivity contribution in [1.29, 1.82) is 0 Å². The molecule has 0 N–H and O–H groups in total. The quantitative estimate of drug-likeness (QED) is 0.308. The number of rotatable bonds is 6. The predicted octanol–water partition coefficient (Wildman–Crippen LogP) is 6.66. The maximum absolute atomic E-state index is 13.0. The number of ether oxygens (including phenoxy) is 1. The molecule has 1 fully saturated rings. The second kappa shape index (κ2) is 9.35. The minimum atomic E-state index is -0.270. The number of thioether (sulfide) groups is 1. The highest BCUT2D eigenvalue weighted by molar-refractivity contribution is 8.18. The van der Waals surface area contributed by atoms with Gasteiger partial charge in [-0.05, 0) is 63.5 Å². The Morgan fingerprint density at radius 3 is 2.39 bits per heavy atom. The molecule has 2 amide bonds. The van der Waals surface area contributed by atoms with E-state index in [4.69, 9.17) is 4.74 Å². The van der Waals surface area contributed by atoms with Gasteiger partial charge in [0.05, 0.1) is 11.4 Å². The standard InChI is InChI=1S/C28H21NO3S/c30-27-26(17-21-9-6-12-25(16-21)32-19-20-7-2-1-3-8-20)33-28(31)29(27)18-22-13-14-23-10-4-5-11-24(23)15-22/h1-17H,18-19H2. The highest BCUT2D eigenvalue weighted by atomic mass is 32.2. The van der Waals surface area contributed by atoms with Crippen molar-refractivity contribution in [1.82, 2.24) is 4.90 Å². The molecule has 5 heteroatoms. The van der Waals surface area contributed by atoms with Crippen LogP contribution in [0.3, 0.4) is 0 Å². The number of hydrogen-bond acceptors (Lipinski definition) is 4. The molecule has 0 aliphatic carbocycles. The van der Waals surface area contributed by atoms with Crippen LogP contribution in [0.4, 0.5) is 4.79 Å². The van der Waals surface area contributed by atoms with Gasteiger partial charge in [0, 0.05) is 0 Å². The molecule has 1 heterocycles. The van der Waals surface area contributed by atoms with Crippen LogP contribution in [0.2, 0.25) is 0 Å². The summed E-state index contributed by atoms with van der Waals surface area (Å²) in [6, 6.07) is 31.5. The summed E-state index contributed by atoms with van der Waals surface area (Å²) < 4.78 is 5.88. The van der Waals surface area contributed by atoms with Crippen molar-refractivity contribution in [2.24, 2.45) is 0 Å². The fourth-order valence-electron chi connectivity index (χ4n) is 3.74. The molecule has 1 aliphatic rings. The average molecular weight is 452 g/mol. The van der Waals surface area contributed by atoms with Crippen LogP contribution in [-0.4, -0.2) is 16.0 Å². The molecular weight excluding hydrogens is 430 g/mol. The van der Waals surface area contributed by atoms with Crippen molar-refractivity contribution in [3.63, 3.8) is 0 Å². The number of hydrogen-bond donors (Lipinski definition) is 0. The van der Waals surface area contributed by atoms with Crippen LogP contribution in [-0.2, 0) is 17.9 Å². The van der Waals surface area contributed by atoms with Crippen molar-refractivity contribution in [3.8, 4) is 5.75 Å². The lowest BCUT2D eigenvalue weighted by molar-refractivity contribution is -0.123. The third kappa shape index (κ3) is 4.83. The van der Waals surface area contributed by atoms with Gasteiger partial charge < -0.3 is 4.74 Å². The first-order valence-corrected chi connectivity index (χ1v) is 11.5. The molecule has 33 heavy (non-hydrogen) atoms. The van der Waals surface area contributed by atoms with E-state index in [0.717, 1.165) is 39.2 Å². The molecular formula is C28H21NO3S. The van der Waals surface area contributed by atoms with Crippen LogP contribution in [0.1, 0.15) is 16.7 Å². The van der Waals surface area contributed by atoms with Gasteiger partial charge in [0.1, 0.15) is 12.4 Å². The first kappa shape index (κ1) is 21.0. The molecule has 0 unspecified atom stereocenters. The van der Waals surface area contributed by atoms with Crippen LogP contribution >= 0.6 is 11.8 Å².